The summed E-state index contributed by atoms with van der Waals surface area (Å²) in [5, 5.41) is 0. The van der Waals surface area contributed by atoms with Gasteiger partial charge in [0.05, 0.1) is 13.3 Å². The molecule has 0 N–H and O–H groups in total. The summed E-state index contributed by atoms with van der Waals surface area (Å²) in [4.78, 5) is 3.93. The molecule has 3 nitrogen and oxygen atoms in total. The lowest BCUT2D eigenvalue weighted by atomic mass is 10.3. The standard InChI is InChI=1S/C12H10FNO2/c1-15-11-6-7-14-8-12(11)16-10-4-2-9(13)3-5-10/h2-8H,1H3. The minimum Gasteiger partial charge on any atom is -0.493 e. The van der Waals surface area contributed by atoms with Crippen molar-refractivity contribution in [2.45, 2.75) is 0 Å². The van der Waals surface area contributed by atoms with Gasteiger partial charge in [-0.1, -0.05) is 0 Å². The van der Waals surface area contributed by atoms with E-state index in [9.17, 15) is 4.39 Å². The van der Waals surface area contributed by atoms with Gasteiger partial charge in [-0.05, 0) is 24.3 Å². The zero-order chi connectivity index (χ0) is 11.4. The van der Waals surface area contributed by atoms with E-state index in [4.69, 9.17) is 9.47 Å². The first kappa shape index (κ1) is 10.4. The van der Waals surface area contributed by atoms with Gasteiger partial charge in [0.25, 0.3) is 0 Å². The van der Waals surface area contributed by atoms with Gasteiger partial charge in [-0.15, -0.1) is 0 Å². The van der Waals surface area contributed by atoms with Gasteiger partial charge in [0, 0.05) is 12.3 Å². The van der Waals surface area contributed by atoms with Gasteiger partial charge in [0.15, 0.2) is 11.5 Å². The van der Waals surface area contributed by atoms with Crippen LogP contribution in [0.4, 0.5) is 4.39 Å². The van der Waals surface area contributed by atoms with Crippen LogP contribution in [0.1, 0.15) is 0 Å². The number of pyridine rings is 1. The lowest BCUT2D eigenvalue weighted by Gasteiger charge is -2.08. The Morgan fingerprint density at radius 1 is 1.06 bits per heavy atom. The van der Waals surface area contributed by atoms with Gasteiger partial charge in [-0.3, -0.25) is 4.98 Å². The highest BCUT2D eigenvalue weighted by Gasteiger charge is 2.04. The summed E-state index contributed by atoms with van der Waals surface area (Å²) in [6.07, 6.45) is 3.15. The van der Waals surface area contributed by atoms with E-state index in [0.717, 1.165) is 0 Å². The molecule has 0 aliphatic heterocycles. The van der Waals surface area contributed by atoms with Crippen LogP contribution in [0.15, 0.2) is 42.7 Å². The van der Waals surface area contributed by atoms with Crippen molar-refractivity contribution in [2.24, 2.45) is 0 Å². The Morgan fingerprint density at radius 2 is 1.81 bits per heavy atom. The molecule has 0 unspecified atom stereocenters. The highest BCUT2D eigenvalue weighted by molar-refractivity contribution is 5.40. The first-order chi connectivity index (χ1) is 7.79. The second kappa shape index (κ2) is 4.61. The van der Waals surface area contributed by atoms with Gasteiger partial charge in [-0.2, -0.15) is 0 Å². The van der Waals surface area contributed by atoms with E-state index in [-0.39, 0.29) is 5.82 Å². The third kappa shape index (κ3) is 2.28. The van der Waals surface area contributed by atoms with E-state index in [1.807, 2.05) is 0 Å². The smallest absolute Gasteiger partial charge is 0.187 e. The number of hydrogen-bond acceptors (Lipinski definition) is 3. The Balaban J connectivity index is 2.23. The number of ether oxygens (including phenoxy) is 2. The molecule has 1 aromatic carbocycles. The topological polar surface area (TPSA) is 31.4 Å². The number of rotatable bonds is 3. The Labute approximate surface area is 92.5 Å². The highest BCUT2D eigenvalue weighted by atomic mass is 19.1. The molecule has 2 aromatic rings. The molecule has 0 bridgehead atoms. The number of hydrogen-bond donors (Lipinski definition) is 0. The SMILES string of the molecule is COc1ccncc1Oc1ccc(F)cc1. The van der Waals surface area contributed by atoms with Gasteiger partial charge < -0.3 is 9.47 Å². The van der Waals surface area contributed by atoms with Crippen LogP contribution in [-0.2, 0) is 0 Å². The summed E-state index contributed by atoms with van der Waals surface area (Å²) in [5.41, 5.74) is 0. The molecule has 0 saturated carbocycles. The molecule has 1 heterocycles. The lowest BCUT2D eigenvalue weighted by molar-refractivity contribution is 0.377. The largest absolute Gasteiger partial charge is 0.493 e. The van der Waals surface area contributed by atoms with Gasteiger partial charge in [0.2, 0.25) is 0 Å². The summed E-state index contributed by atoms with van der Waals surface area (Å²) in [5.74, 6) is 1.31. The average Bonchev–Trinajstić information content (AvgIpc) is 2.33. The molecule has 0 aliphatic carbocycles. The molecule has 82 valence electrons. The first-order valence-corrected chi connectivity index (χ1v) is 4.71. The third-order valence-corrected chi connectivity index (χ3v) is 2.01. The number of halogens is 1. The molecular formula is C12H10FNO2. The monoisotopic (exact) mass is 219 g/mol. The molecule has 2 rings (SSSR count). The highest BCUT2D eigenvalue weighted by Crippen LogP contribution is 2.29. The van der Waals surface area contributed by atoms with E-state index in [0.29, 0.717) is 17.2 Å². The number of benzene rings is 1. The van der Waals surface area contributed by atoms with E-state index in [1.165, 1.54) is 12.1 Å². The molecular weight excluding hydrogens is 209 g/mol. The minimum atomic E-state index is -0.300. The Hall–Kier alpha value is -2.10. The normalized spacial score (nSPS) is 9.88. The molecule has 0 amide bonds. The molecule has 0 spiro atoms. The maximum absolute atomic E-state index is 12.7. The summed E-state index contributed by atoms with van der Waals surface area (Å²) in [7, 11) is 1.55. The van der Waals surface area contributed by atoms with Crippen LogP contribution in [-0.4, -0.2) is 12.1 Å². The van der Waals surface area contributed by atoms with Crippen LogP contribution >= 0.6 is 0 Å². The van der Waals surface area contributed by atoms with Gasteiger partial charge in [0.1, 0.15) is 11.6 Å². The Bertz CT molecular complexity index is 471. The fraction of sp³-hybridized carbons (Fsp3) is 0.0833. The van der Waals surface area contributed by atoms with Crippen LogP contribution in [0.25, 0.3) is 0 Å². The van der Waals surface area contributed by atoms with Crippen molar-refractivity contribution in [3.05, 3.63) is 48.5 Å². The summed E-state index contributed by atoms with van der Waals surface area (Å²) in [6.45, 7) is 0. The molecule has 0 fully saturated rings. The maximum Gasteiger partial charge on any atom is 0.187 e. The van der Waals surface area contributed by atoms with Crippen molar-refractivity contribution >= 4 is 0 Å². The lowest BCUT2D eigenvalue weighted by Crippen LogP contribution is -1.90. The van der Waals surface area contributed by atoms with Crippen molar-refractivity contribution < 1.29 is 13.9 Å². The Morgan fingerprint density at radius 3 is 2.50 bits per heavy atom. The van der Waals surface area contributed by atoms with Gasteiger partial charge in [-0.25, -0.2) is 4.39 Å². The fourth-order valence-corrected chi connectivity index (χ4v) is 1.24. The maximum atomic E-state index is 12.7. The molecule has 4 heteroatoms. The van der Waals surface area contributed by atoms with Crippen LogP contribution in [0.3, 0.4) is 0 Å². The summed E-state index contributed by atoms with van der Waals surface area (Å²) in [6, 6.07) is 7.44. The van der Waals surface area contributed by atoms with Crippen molar-refractivity contribution in [3.8, 4) is 17.2 Å². The molecule has 0 aliphatic rings. The van der Waals surface area contributed by atoms with E-state index >= 15 is 0 Å². The predicted molar refractivity (Wildman–Crippen MR) is 57.3 cm³/mol. The molecule has 16 heavy (non-hydrogen) atoms. The summed E-state index contributed by atoms with van der Waals surface area (Å²) < 4.78 is 23.3. The van der Waals surface area contributed by atoms with Crippen LogP contribution in [0.5, 0.6) is 17.2 Å². The van der Waals surface area contributed by atoms with Crippen molar-refractivity contribution in [2.75, 3.05) is 7.11 Å². The third-order valence-electron chi connectivity index (χ3n) is 2.01. The van der Waals surface area contributed by atoms with E-state index in [2.05, 4.69) is 4.98 Å². The second-order valence-electron chi connectivity index (χ2n) is 3.08. The van der Waals surface area contributed by atoms with Crippen molar-refractivity contribution in [3.63, 3.8) is 0 Å². The quantitative estimate of drug-likeness (QED) is 0.795. The number of nitrogens with zero attached hydrogens (tertiary/aromatic N) is 1. The average molecular weight is 219 g/mol. The predicted octanol–water partition coefficient (Wildman–Crippen LogP) is 3.02. The van der Waals surface area contributed by atoms with Crippen molar-refractivity contribution in [1.82, 2.24) is 4.98 Å². The van der Waals surface area contributed by atoms with Crippen LogP contribution < -0.4 is 9.47 Å². The van der Waals surface area contributed by atoms with Gasteiger partial charge >= 0.3 is 0 Å². The van der Waals surface area contributed by atoms with Crippen LogP contribution in [0.2, 0.25) is 0 Å². The minimum absolute atomic E-state index is 0.300. The fourth-order valence-electron chi connectivity index (χ4n) is 1.24. The number of methoxy groups -OCH3 is 1. The molecule has 0 radical (unpaired) electrons. The molecule has 0 saturated heterocycles. The number of aromatic nitrogens is 1. The van der Waals surface area contributed by atoms with E-state index in [1.54, 1.807) is 37.7 Å². The second-order valence-corrected chi connectivity index (χ2v) is 3.08. The Kier molecular flexibility index (Phi) is 3.00. The molecule has 0 atom stereocenters. The molecule has 1 aromatic heterocycles. The van der Waals surface area contributed by atoms with E-state index < -0.39 is 0 Å². The summed E-state index contributed by atoms with van der Waals surface area (Å²) >= 11 is 0. The van der Waals surface area contributed by atoms with Crippen LogP contribution in [0, 0.1) is 5.82 Å². The zero-order valence-corrected chi connectivity index (χ0v) is 8.68. The first-order valence-electron chi connectivity index (χ1n) is 4.71. The van der Waals surface area contributed by atoms with Crippen molar-refractivity contribution in [1.29, 1.82) is 0 Å². The zero-order valence-electron chi connectivity index (χ0n) is 8.68.